The number of phenolic OH excluding ortho intramolecular Hbond substituents is 1. The van der Waals surface area contributed by atoms with Gasteiger partial charge in [0.25, 0.3) is 0 Å². The summed E-state index contributed by atoms with van der Waals surface area (Å²) in [5, 5.41) is 32.5. The van der Waals surface area contributed by atoms with Crippen LogP contribution in [0.25, 0.3) is 16.7 Å². The Kier molecular flexibility index (Phi) is 11.9. The Bertz CT molecular complexity index is 1250. The molecule has 0 aliphatic heterocycles. The monoisotopic (exact) mass is 567 g/mol. The number of amides is 2. The molecule has 0 aliphatic carbocycles. The van der Waals surface area contributed by atoms with Gasteiger partial charge in [0.05, 0.1) is 13.2 Å². The standard InChI is InChI=1S/C31H45N5O5/c1-5-6-7-8-11-16-32-30(40)41-20-18-35(17-19-37)28(38)15-14-23-21-24(31(2,3)4)29(39)27(22-23)36-33-25-12-9-10-13-26(25)34-36/h9-10,12-13,21-22,37,39H,5-8,11,14-20H2,1-4H3,(H,32,40). The number of carbonyl (C=O) groups is 2. The van der Waals surface area contributed by atoms with Crippen LogP contribution in [-0.4, -0.2) is 75.0 Å². The third-order valence-electron chi connectivity index (χ3n) is 6.95. The van der Waals surface area contributed by atoms with Gasteiger partial charge < -0.3 is 25.2 Å². The first-order valence-electron chi connectivity index (χ1n) is 14.6. The minimum absolute atomic E-state index is 0.0451. The SMILES string of the molecule is CCCCCCCNC(=O)OCCN(CCO)C(=O)CCc1cc(-n2nc3ccccc3n2)c(O)c(C(C)(C)C)c1. The molecule has 1 aromatic heterocycles. The zero-order valence-corrected chi connectivity index (χ0v) is 24.9. The molecule has 10 nitrogen and oxygen atoms in total. The van der Waals surface area contributed by atoms with Crippen LogP contribution in [-0.2, 0) is 21.4 Å². The smallest absolute Gasteiger partial charge is 0.407 e. The number of alkyl carbamates (subject to hydrolysis) is 1. The molecule has 3 aromatic rings. The number of nitrogens with one attached hydrogen (secondary N) is 1. The number of aliphatic hydroxyl groups excluding tert-OH is 1. The first-order valence-corrected chi connectivity index (χ1v) is 14.6. The van der Waals surface area contributed by atoms with Gasteiger partial charge in [0.1, 0.15) is 29.1 Å². The minimum atomic E-state index is -0.497. The van der Waals surface area contributed by atoms with Crippen LogP contribution in [0, 0.1) is 0 Å². The molecule has 3 N–H and O–H groups in total. The van der Waals surface area contributed by atoms with Crippen molar-refractivity contribution in [1.82, 2.24) is 25.2 Å². The van der Waals surface area contributed by atoms with E-state index in [0.29, 0.717) is 29.7 Å². The molecule has 0 spiro atoms. The van der Waals surface area contributed by atoms with Gasteiger partial charge in [-0.1, -0.05) is 71.6 Å². The summed E-state index contributed by atoms with van der Waals surface area (Å²) in [7, 11) is 0. The van der Waals surface area contributed by atoms with E-state index in [4.69, 9.17) is 4.74 Å². The van der Waals surface area contributed by atoms with E-state index in [2.05, 4.69) is 22.4 Å². The van der Waals surface area contributed by atoms with Gasteiger partial charge >= 0.3 is 6.09 Å². The van der Waals surface area contributed by atoms with Crippen molar-refractivity contribution in [3.8, 4) is 11.4 Å². The van der Waals surface area contributed by atoms with Gasteiger partial charge in [0.15, 0.2) is 0 Å². The zero-order valence-electron chi connectivity index (χ0n) is 24.9. The molecule has 0 aliphatic rings. The Balaban J connectivity index is 1.62. The van der Waals surface area contributed by atoms with E-state index in [1.807, 2.05) is 57.2 Å². The number of unbranched alkanes of at least 4 members (excludes halogenated alkanes) is 4. The maximum Gasteiger partial charge on any atom is 0.407 e. The van der Waals surface area contributed by atoms with Crippen molar-refractivity contribution in [2.75, 3.05) is 32.8 Å². The summed E-state index contributed by atoms with van der Waals surface area (Å²) >= 11 is 0. The average Bonchev–Trinajstić information content (AvgIpc) is 3.37. The Morgan fingerprint density at radius 1 is 1.02 bits per heavy atom. The lowest BCUT2D eigenvalue weighted by Crippen LogP contribution is -2.37. The normalized spacial score (nSPS) is 11.5. The second kappa shape index (κ2) is 15.4. The van der Waals surface area contributed by atoms with Crippen molar-refractivity contribution in [3.63, 3.8) is 0 Å². The Labute approximate surface area is 242 Å². The molecule has 0 saturated heterocycles. The quantitative estimate of drug-likeness (QED) is 0.223. The van der Waals surface area contributed by atoms with E-state index in [9.17, 15) is 19.8 Å². The molecule has 0 fully saturated rings. The number of hydrogen-bond acceptors (Lipinski definition) is 7. The maximum absolute atomic E-state index is 13.1. The third kappa shape index (κ3) is 9.45. The molecular formula is C31H45N5O5. The third-order valence-corrected chi connectivity index (χ3v) is 6.95. The molecule has 0 atom stereocenters. The van der Waals surface area contributed by atoms with Crippen molar-refractivity contribution >= 4 is 23.0 Å². The number of ether oxygens (including phenoxy) is 1. The topological polar surface area (TPSA) is 130 Å². The summed E-state index contributed by atoms with van der Waals surface area (Å²) in [4.78, 5) is 28.0. The van der Waals surface area contributed by atoms with Gasteiger partial charge in [-0.05, 0) is 42.0 Å². The van der Waals surface area contributed by atoms with Crippen LogP contribution in [0.2, 0.25) is 0 Å². The molecule has 2 aromatic carbocycles. The second-order valence-corrected chi connectivity index (χ2v) is 11.3. The van der Waals surface area contributed by atoms with Gasteiger partial charge in [-0.2, -0.15) is 0 Å². The number of aromatic hydroxyl groups is 1. The predicted molar refractivity (Wildman–Crippen MR) is 159 cm³/mol. The second-order valence-electron chi connectivity index (χ2n) is 11.3. The van der Waals surface area contributed by atoms with Crippen molar-refractivity contribution in [2.24, 2.45) is 0 Å². The number of benzene rings is 2. The molecule has 2 amide bonds. The molecule has 224 valence electrons. The molecule has 0 unspecified atom stereocenters. The van der Waals surface area contributed by atoms with Crippen LogP contribution in [0.5, 0.6) is 5.75 Å². The molecule has 1 heterocycles. The van der Waals surface area contributed by atoms with Gasteiger partial charge in [-0.3, -0.25) is 4.79 Å². The molecule has 3 rings (SSSR count). The number of rotatable bonds is 15. The van der Waals surface area contributed by atoms with Gasteiger partial charge in [0.2, 0.25) is 5.91 Å². The lowest BCUT2D eigenvalue weighted by atomic mass is 9.84. The molecule has 0 saturated carbocycles. The summed E-state index contributed by atoms with van der Waals surface area (Å²) in [6.45, 7) is 8.97. The van der Waals surface area contributed by atoms with Crippen LogP contribution in [0.3, 0.4) is 0 Å². The average molecular weight is 568 g/mol. The molecule has 10 heteroatoms. The van der Waals surface area contributed by atoms with Crippen LogP contribution < -0.4 is 5.32 Å². The molecule has 0 bridgehead atoms. The van der Waals surface area contributed by atoms with Gasteiger partial charge in [-0.15, -0.1) is 15.0 Å². The van der Waals surface area contributed by atoms with Crippen LogP contribution in [0.4, 0.5) is 4.79 Å². The number of hydrogen-bond donors (Lipinski definition) is 3. The Morgan fingerprint density at radius 3 is 2.34 bits per heavy atom. The summed E-state index contributed by atoms with van der Waals surface area (Å²) in [6.07, 6.45) is 5.61. The fourth-order valence-electron chi connectivity index (χ4n) is 4.62. The molecular weight excluding hydrogens is 522 g/mol. The highest BCUT2D eigenvalue weighted by atomic mass is 16.5. The minimum Gasteiger partial charge on any atom is -0.505 e. The van der Waals surface area contributed by atoms with Crippen LogP contribution >= 0.6 is 0 Å². The predicted octanol–water partition coefficient (Wildman–Crippen LogP) is 4.87. The Morgan fingerprint density at radius 2 is 1.71 bits per heavy atom. The highest BCUT2D eigenvalue weighted by Crippen LogP contribution is 2.36. The summed E-state index contributed by atoms with van der Waals surface area (Å²) in [5.41, 5.74) is 3.11. The number of aryl methyl sites for hydroxylation is 1. The van der Waals surface area contributed by atoms with Gasteiger partial charge in [0, 0.05) is 25.1 Å². The fraction of sp³-hybridized carbons (Fsp3) is 0.548. The van der Waals surface area contributed by atoms with E-state index < -0.39 is 6.09 Å². The van der Waals surface area contributed by atoms with Crippen molar-refractivity contribution in [3.05, 3.63) is 47.5 Å². The summed E-state index contributed by atoms with van der Waals surface area (Å²) in [5.74, 6) is -0.0555. The van der Waals surface area contributed by atoms with Crippen LogP contribution in [0.15, 0.2) is 36.4 Å². The first kappa shape index (κ1) is 31.9. The van der Waals surface area contributed by atoms with Crippen molar-refractivity contribution < 1.29 is 24.5 Å². The van der Waals surface area contributed by atoms with E-state index in [1.165, 1.54) is 22.5 Å². The number of aromatic nitrogens is 3. The number of carbonyl (C=O) groups excluding carboxylic acids is 2. The largest absolute Gasteiger partial charge is 0.505 e. The van der Waals surface area contributed by atoms with E-state index in [1.54, 1.807) is 0 Å². The number of aliphatic hydroxyl groups is 1. The molecule has 41 heavy (non-hydrogen) atoms. The number of phenols is 1. The van der Waals surface area contributed by atoms with E-state index in [0.717, 1.165) is 30.4 Å². The van der Waals surface area contributed by atoms with Crippen molar-refractivity contribution in [1.29, 1.82) is 0 Å². The first-order chi connectivity index (χ1) is 19.6. The lowest BCUT2D eigenvalue weighted by Gasteiger charge is -2.24. The Hall–Kier alpha value is -3.66. The van der Waals surface area contributed by atoms with Gasteiger partial charge in [-0.25, -0.2) is 4.79 Å². The highest BCUT2D eigenvalue weighted by molar-refractivity contribution is 5.77. The van der Waals surface area contributed by atoms with Crippen molar-refractivity contribution in [2.45, 2.75) is 78.1 Å². The lowest BCUT2D eigenvalue weighted by molar-refractivity contribution is -0.132. The van der Waals surface area contributed by atoms with E-state index >= 15 is 0 Å². The fourth-order valence-corrected chi connectivity index (χ4v) is 4.62. The number of nitrogens with zero attached hydrogens (tertiary/aromatic N) is 4. The zero-order chi connectivity index (χ0) is 29.8. The van der Waals surface area contributed by atoms with E-state index in [-0.39, 0.29) is 49.8 Å². The number of fused-ring (bicyclic) bond motifs is 1. The maximum atomic E-state index is 13.1. The summed E-state index contributed by atoms with van der Waals surface area (Å²) in [6, 6.07) is 11.2. The highest BCUT2D eigenvalue weighted by Gasteiger charge is 2.24. The molecule has 0 radical (unpaired) electrons. The summed E-state index contributed by atoms with van der Waals surface area (Å²) < 4.78 is 5.25. The van der Waals surface area contributed by atoms with Crippen LogP contribution in [0.1, 0.15) is 77.3 Å².